The van der Waals surface area contributed by atoms with Crippen LogP contribution in [0.1, 0.15) is 18.2 Å². The van der Waals surface area contributed by atoms with Gasteiger partial charge in [0.15, 0.2) is 0 Å². The van der Waals surface area contributed by atoms with E-state index in [0.29, 0.717) is 5.69 Å². The van der Waals surface area contributed by atoms with Crippen molar-refractivity contribution in [2.24, 2.45) is 5.73 Å². The topological polar surface area (TPSA) is 200 Å². The van der Waals surface area contributed by atoms with E-state index in [2.05, 4.69) is 25.9 Å². The van der Waals surface area contributed by atoms with E-state index in [1.54, 1.807) is 30.3 Å². The van der Waals surface area contributed by atoms with Gasteiger partial charge < -0.3 is 36.9 Å². The van der Waals surface area contributed by atoms with Gasteiger partial charge in [-0.25, -0.2) is 9.78 Å². The number of aromatic nitrogens is 2. The Bertz CT molecular complexity index is 936. The van der Waals surface area contributed by atoms with Gasteiger partial charge in [0.2, 0.25) is 17.7 Å². The van der Waals surface area contributed by atoms with E-state index in [1.807, 2.05) is 0 Å². The van der Waals surface area contributed by atoms with Crippen molar-refractivity contribution in [2.75, 3.05) is 6.61 Å². The third kappa shape index (κ3) is 8.01. The molecule has 8 N–H and O–H groups in total. The number of aliphatic hydroxyl groups excluding tert-OH is 1. The first-order valence-electron chi connectivity index (χ1n) is 10.2. The minimum atomic E-state index is -1.25. The van der Waals surface area contributed by atoms with Crippen molar-refractivity contribution < 1.29 is 29.4 Å². The summed E-state index contributed by atoms with van der Waals surface area (Å²) in [6.07, 6.45) is 2.93. The average Bonchev–Trinajstić information content (AvgIpc) is 3.31. The molecule has 12 heteroatoms. The van der Waals surface area contributed by atoms with E-state index in [1.165, 1.54) is 19.4 Å². The summed E-state index contributed by atoms with van der Waals surface area (Å²) in [7, 11) is 0. The van der Waals surface area contributed by atoms with Crippen LogP contribution in [0.15, 0.2) is 42.9 Å². The first-order chi connectivity index (χ1) is 15.7. The molecule has 0 spiro atoms. The van der Waals surface area contributed by atoms with Crippen LogP contribution < -0.4 is 21.7 Å². The number of carboxylic acids is 1. The molecule has 1 aromatic heterocycles. The molecular weight excluding hydrogens is 432 g/mol. The second-order valence-electron chi connectivity index (χ2n) is 7.45. The largest absolute Gasteiger partial charge is 0.480 e. The molecule has 3 amide bonds. The molecule has 0 bridgehead atoms. The standard InChI is InChI=1S/C21H28N6O6/c1-12(18(29)27-17(21(32)33)8-14-9-23-11-24-14)25-20(31)16(26-19(30)15(22)10-28)7-13-5-3-2-4-6-13/h2-6,9,11-12,15-17,28H,7-8,10,22H2,1H3,(H,23,24)(H,25,31)(H,26,30)(H,27,29)(H,32,33). The number of carbonyl (C=O) groups excluding carboxylic acids is 3. The van der Waals surface area contributed by atoms with Gasteiger partial charge in [-0.05, 0) is 12.5 Å². The van der Waals surface area contributed by atoms with Gasteiger partial charge in [0.05, 0.1) is 12.9 Å². The van der Waals surface area contributed by atoms with Gasteiger partial charge in [0.1, 0.15) is 24.2 Å². The molecular formula is C21H28N6O6. The number of benzene rings is 1. The zero-order valence-corrected chi connectivity index (χ0v) is 18.0. The summed E-state index contributed by atoms with van der Waals surface area (Å²) in [6, 6.07) is 4.25. The van der Waals surface area contributed by atoms with Crippen molar-refractivity contribution >= 4 is 23.7 Å². The molecule has 0 radical (unpaired) electrons. The fourth-order valence-corrected chi connectivity index (χ4v) is 2.91. The quantitative estimate of drug-likeness (QED) is 0.190. The highest BCUT2D eigenvalue weighted by Crippen LogP contribution is 2.05. The number of carboxylic acid groups (broad SMARTS) is 1. The average molecular weight is 460 g/mol. The van der Waals surface area contributed by atoms with E-state index in [9.17, 15) is 24.3 Å². The molecule has 0 fully saturated rings. The number of rotatable bonds is 12. The Labute approximate surface area is 190 Å². The van der Waals surface area contributed by atoms with Crippen molar-refractivity contribution in [1.29, 1.82) is 0 Å². The van der Waals surface area contributed by atoms with Crippen molar-refractivity contribution in [3.8, 4) is 0 Å². The fourth-order valence-electron chi connectivity index (χ4n) is 2.91. The lowest BCUT2D eigenvalue weighted by atomic mass is 10.0. The molecule has 4 atom stereocenters. The monoisotopic (exact) mass is 460 g/mol. The van der Waals surface area contributed by atoms with Crippen LogP contribution in [0.5, 0.6) is 0 Å². The van der Waals surface area contributed by atoms with Crippen LogP contribution in [-0.4, -0.2) is 74.6 Å². The van der Waals surface area contributed by atoms with E-state index in [4.69, 9.17) is 10.8 Å². The Morgan fingerprint density at radius 2 is 1.67 bits per heavy atom. The lowest BCUT2D eigenvalue weighted by Crippen LogP contribution is -2.57. The Hall–Kier alpha value is -3.77. The van der Waals surface area contributed by atoms with Gasteiger partial charge >= 0.3 is 5.97 Å². The van der Waals surface area contributed by atoms with Gasteiger partial charge in [-0.2, -0.15) is 0 Å². The van der Waals surface area contributed by atoms with E-state index < -0.39 is 54.5 Å². The summed E-state index contributed by atoms with van der Waals surface area (Å²) in [5, 5.41) is 25.8. The van der Waals surface area contributed by atoms with Crippen LogP contribution in [0.25, 0.3) is 0 Å². The second-order valence-corrected chi connectivity index (χ2v) is 7.45. The summed E-state index contributed by atoms with van der Waals surface area (Å²) in [4.78, 5) is 55.6. The lowest BCUT2D eigenvalue weighted by Gasteiger charge is -2.23. The normalized spacial score (nSPS) is 14.4. The molecule has 0 aliphatic heterocycles. The summed E-state index contributed by atoms with van der Waals surface area (Å²) in [5.41, 5.74) is 6.79. The van der Waals surface area contributed by atoms with Gasteiger partial charge in [0.25, 0.3) is 0 Å². The highest BCUT2D eigenvalue weighted by Gasteiger charge is 2.28. The Morgan fingerprint density at radius 1 is 1.00 bits per heavy atom. The van der Waals surface area contributed by atoms with Crippen molar-refractivity contribution in [3.63, 3.8) is 0 Å². The number of H-pyrrole nitrogens is 1. The van der Waals surface area contributed by atoms with Gasteiger partial charge in [0, 0.05) is 24.7 Å². The molecule has 0 saturated carbocycles. The number of aliphatic hydroxyl groups is 1. The number of amides is 3. The lowest BCUT2D eigenvalue weighted by molar-refractivity contribution is -0.142. The molecule has 178 valence electrons. The zero-order chi connectivity index (χ0) is 24.4. The Balaban J connectivity index is 2.04. The molecule has 1 aromatic carbocycles. The number of carbonyl (C=O) groups is 4. The molecule has 33 heavy (non-hydrogen) atoms. The summed E-state index contributed by atoms with van der Waals surface area (Å²) in [5.74, 6) is -3.35. The zero-order valence-electron chi connectivity index (χ0n) is 18.0. The maximum atomic E-state index is 12.8. The van der Waals surface area contributed by atoms with Gasteiger partial charge in [-0.3, -0.25) is 14.4 Å². The van der Waals surface area contributed by atoms with Gasteiger partial charge in [-0.1, -0.05) is 30.3 Å². The van der Waals surface area contributed by atoms with Crippen LogP contribution in [0.4, 0.5) is 0 Å². The molecule has 0 aliphatic rings. The number of nitrogens with zero attached hydrogens (tertiary/aromatic N) is 1. The molecule has 4 unspecified atom stereocenters. The highest BCUT2D eigenvalue weighted by atomic mass is 16.4. The summed E-state index contributed by atoms with van der Waals surface area (Å²) >= 11 is 0. The maximum Gasteiger partial charge on any atom is 0.326 e. The summed E-state index contributed by atoms with van der Waals surface area (Å²) < 4.78 is 0. The summed E-state index contributed by atoms with van der Waals surface area (Å²) in [6.45, 7) is 0.792. The third-order valence-electron chi connectivity index (χ3n) is 4.79. The van der Waals surface area contributed by atoms with E-state index >= 15 is 0 Å². The Kier molecular flexibility index (Phi) is 9.51. The van der Waals surface area contributed by atoms with E-state index in [-0.39, 0.29) is 12.8 Å². The number of nitrogens with two attached hydrogens (primary N) is 1. The Morgan fingerprint density at radius 3 is 2.24 bits per heavy atom. The van der Waals surface area contributed by atoms with Crippen molar-refractivity contribution in [3.05, 3.63) is 54.1 Å². The van der Waals surface area contributed by atoms with E-state index in [0.717, 1.165) is 5.56 Å². The first kappa shape index (κ1) is 25.5. The number of hydrogen-bond donors (Lipinski definition) is 7. The van der Waals surface area contributed by atoms with Crippen LogP contribution in [0.3, 0.4) is 0 Å². The van der Waals surface area contributed by atoms with Gasteiger partial charge in [-0.15, -0.1) is 0 Å². The number of aromatic amines is 1. The predicted molar refractivity (Wildman–Crippen MR) is 117 cm³/mol. The SMILES string of the molecule is CC(NC(=O)C(Cc1ccccc1)NC(=O)C(N)CO)C(=O)NC(Cc1cnc[nH]1)C(=O)O. The minimum absolute atomic E-state index is 0.0204. The minimum Gasteiger partial charge on any atom is -0.480 e. The molecule has 0 aliphatic carbocycles. The highest BCUT2D eigenvalue weighted by molar-refractivity contribution is 5.94. The molecule has 0 saturated heterocycles. The van der Waals surface area contributed by atoms with Crippen molar-refractivity contribution in [2.45, 2.75) is 43.9 Å². The predicted octanol–water partition coefficient (Wildman–Crippen LogP) is -1.93. The smallest absolute Gasteiger partial charge is 0.326 e. The number of hydrogen-bond acceptors (Lipinski definition) is 7. The molecule has 2 rings (SSSR count). The maximum absolute atomic E-state index is 12.8. The third-order valence-corrected chi connectivity index (χ3v) is 4.79. The van der Waals surface area contributed by atoms with Crippen LogP contribution in [0.2, 0.25) is 0 Å². The number of imidazole rings is 1. The molecule has 12 nitrogen and oxygen atoms in total. The molecule has 1 heterocycles. The van der Waals surface area contributed by atoms with Crippen LogP contribution in [-0.2, 0) is 32.0 Å². The van der Waals surface area contributed by atoms with Crippen LogP contribution >= 0.6 is 0 Å². The molecule has 2 aromatic rings. The van der Waals surface area contributed by atoms with Crippen LogP contribution in [0, 0.1) is 0 Å². The second kappa shape index (κ2) is 12.3. The first-order valence-corrected chi connectivity index (χ1v) is 10.2. The fraction of sp³-hybridized carbons (Fsp3) is 0.381. The number of nitrogens with one attached hydrogen (secondary N) is 4. The van der Waals surface area contributed by atoms with Crippen molar-refractivity contribution in [1.82, 2.24) is 25.9 Å². The number of aliphatic carboxylic acids is 1.